The maximum absolute atomic E-state index is 14.4. The normalized spacial score (nSPS) is 20.7. The summed E-state index contributed by atoms with van der Waals surface area (Å²) < 4.78 is 33.3. The molecule has 4 atom stereocenters. The molecule has 2 aliphatic heterocycles. The number of hydrogen-bond donors (Lipinski definition) is 1. The van der Waals surface area contributed by atoms with Crippen LogP contribution in [0.3, 0.4) is 0 Å². The molecule has 0 unspecified atom stereocenters. The summed E-state index contributed by atoms with van der Waals surface area (Å²) in [4.78, 5) is 33.8. The second-order valence-electron chi connectivity index (χ2n) is 13.0. The number of rotatable bonds is 14. The number of benzene rings is 4. The van der Waals surface area contributed by atoms with E-state index >= 15 is 0 Å². The Hall–Kier alpha value is -4.77. The van der Waals surface area contributed by atoms with Gasteiger partial charge in [0.2, 0.25) is 0 Å². The number of carbonyl (C=O) groups is 2. The van der Waals surface area contributed by atoms with E-state index in [9.17, 15) is 14.0 Å². The second-order valence-corrected chi connectivity index (χ2v) is 13.0. The number of piperidine rings is 1. The van der Waals surface area contributed by atoms with Crippen molar-refractivity contribution in [3.8, 4) is 0 Å². The Bertz CT molecular complexity index is 1660. The van der Waals surface area contributed by atoms with Crippen LogP contribution in [-0.2, 0) is 38.8 Å². The fraction of sp³-hybridized carbons (Fsp3) is 0.366. The van der Waals surface area contributed by atoms with E-state index in [0.29, 0.717) is 45.8 Å². The number of amides is 3. The summed E-state index contributed by atoms with van der Waals surface area (Å²) in [7, 11) is 0. The summed E-state index contributed by atoms with van der Waals surface area (Å²) in [5.41, 5.74) is 3.83. The molecule has 2 heterocycles. The molecule has 4 aromatic rings. The summed E-state index contributed by atoms with van der Waals surface area (Å²) in [6.07, 6.45) is -1.57. The van der Waals surface area contributed by atoms with Crippen LogP contribution in [0, 0.1) is 5.82 Å². The van der Waals surface area contributed by atoms with Gasteiger partial charge in [-0.1, -0.05) is 97.9 Å². The molecular weight excluding hydrogens is 647 g/mol. The number of nitrogens with one attached hydrogen (secondary N) is 1. The fourth-order valence-corrected chi connectivity index (χ4v) is 6.75. The van der Waals surface area contributed by atoms with E-state index in [1.54, 1.807) is 21.9 Å². The molecule has 4 aromatic carbocycles. The van der Waals surface area contributed by atoms with Gasteiger partial charge in [-0.25, -0.2) is 9.18 Å². The predicted molar refractivity (Wildman–Crippen MR) is 194 cm³/mol. The van der Waals surface area contributed by atoms with Crippen LogP contribution in [0.15, 0.2) is 115 Å². The number of likely N-dealkylation sites (tertiary alicyclic amines) is 1. The van der Waals surface area contributed by atoms with E-state index in [1.165, 1.54) is 12.1 Å². The van der Waals surface area contributed by atoms with E-state index in [0.717, 1.165) is 22.4 Å². The van der Waals surface area contributed by atoms with Gasteiger partial charge in [0, 0.05) is 45.0 Å². The summed E-state index contributed by atoms with van der Waals surface area (Å²) in [6, 6.07) is 35.2. The largest absolute Gasteiger partial charge is 0.368 e. The van der Waals surface area contributed by atoms with Crippen molar-refractivity contribution in [3.05, 3.63) is 138 Å². The van der Waals surface area contributed by atoms with Crippen LogP contribution in [0.2, 0.25) is 0 Å². The molecule has 10 heteroatoms. The number of hydrogen-bond acceptors (Lipinski definition) is 6. The predicted octanol–water partition coefficient (Wildman–Crippen LogP) is 6.03. The Balaban J connectivity index is 1.23. The molecular formula is C41H47FN4O5. The van der Waals surface area contributed by atoms with Crippen molar-refractivity contribution < 1.29 is 28.2 Å². The van der Waals surface area contributed by atoms with Crippen LogP contribution >= 0.6 is 0 Å². The highest BCUT2D eigenvalue weighted by Gasteiger charge is 2.51. The van der Waals surface area contributed by atoms with Crippen molar-refractivity contribution in [2.24, 2.45) is 0 Å². The zero-order chi connectivity index (χ0) is 35.4. The maximum Gasteiger partial charge on any atom is 0.317 e. The molecule has 2 fully saturated rings. The first kappa shape index (κ1) is 36.0. The average Bonchev–Trinajstić information content (AvgIpc) is 3.18. The number of urea groups is 1. The first-order chi connectivity index (χ1) is 25.0. The smallest absolute Gasteiger partial charge is 0.317 e. The lowest BCUT2D eigenvalue weighted by atomic mass is 9.91. The number of nitrogens with zero attached hydrogens (tertiary/aromatic N) is 3. The van der Waals surface area contributed by atoms with Crippen molar-refractivity contribution in [2.75, 3.05) is 44.2 Å². The molecule has 268 valence electrons. The van der Waals surface area contributed by atoms with E-state index in [2.05, 4.69) is 10.2 Å². The SMILES string of the molecule is CCCN1C(=O)[C@H](OCc2ccccc2)[C@H](OCc2ccccc2)[C@H](OCc2ccccc2)[C@H]1CNC(=O)N1CCN(c2ccc(F)cc2)CC1. The summed E-state index contributed by atoms with van der Waals surface area (Å²) >= 11 is 0. The minimum absolute atomic E-state index is 0.179. The third-order valence-corrected chi connectivity index (χ3v) is 9.46. The topological polar surface area (TPSA) is 83.6 Å². The van der Waals surface area contributed by atoms with E-state index in [1.807, 2.05) is 97.9 Å². The molecule has 0 saturated carbocycles. The molecule has 0 radical (unpaired) electrons. The van der Waals surface area contributed by atoms with Gasteiger partial charge in [-0.2, -0.15) is 0 Å². The minimum atomic E-state index is -0.923. The molecule has 51 heavy (non-hydrogen) atoms. The Labute approximate surface area is 299 Å². The molecule has 3 amide bonds. The number of piperazine rings is 1. The fourth-order valence-electron chi connectivity index (χ4n) is 6.75. The monoisotopic (exact) mass is 694 g/mol. The molecule has 9 nitrogen and oxygen atoms in total. The molecule has 2 saturated heterocycles. The lowest BCUT2D eigenvalue weighted by Crippen LogP contribution is -2.68. The van der Waals surface area contributed by atoms with Crippen LogP contribution in [-0.4, -0.2) is 85.4 Å². The number of ether oxygens (including phenoxy) is 3. The lowest BCUT2D eigenvalue weighted by molar-refractivity contribution is -0.208. The Morgan fingerprint density at radius 3 is 1.75 bits per heavy atom. The molecule has 2 aliphatic rings. The Kier molecular flexibility index (Phi) is 12.7. The van der Waals surface area contributed by atoms with Crippen molar-refractivity contribution in [1.82, 2.24) is 15.1 Å². The Morgan fingerprint density at radius 1 is 0.706 bits per heavy atom. The van der Waals surface area contributed by atoms with E-state index in [-0.39, 0.29) is 37.5 Å². The average molecular weight is 695 g/mol. The highest BCUT2D eigenvalue weighted by Crippen LogP contribution is 2.30. The van der Waals surface area contributed by atoms with Crippen LogP contribution in [0.25, 0.3) is 0 Å². The summed E-state index contributed by atoms with van der Waals surface area (Å²) in [5.74, 6) is -0.458. The van der Waals surface area contributed by atoms with Crippen LogP contribution in [0.1, 0.15) is 30.0 Å². The van der Waals surface area contributed by atoms with E-state index < -0.39 is 24.4 Å². The number of carbonyl (C=O) groups excluding carboxylic acids is 2. The van der Waals surface area contributed by atoms with Gasteiger partial charge < -0.3 is 34.2 Å². The van der Waals surface area contributed by atoms with Gasteiger partial charge in [0.05, 0.1) is 25.9 Å². The van der Waals surface area contributed by atoms with Crippen molar-refractivity contribution in [1.29, 1.82) is 0 Å². The second kappa shape index (κ2) is 17.9. The highest BCUT2D eigenvalue weighted by atomic mass is 19.1. The van der Waals surface area contributed by atoms with Crippen molar-refractivity contribution in [2.45, 2.75) is 57.5 Å². The summed E-state index contributed by atoms with van der Waals surface area (Å²) in [5, 5.41) is 3.14. The van der Waals surface area contributed by atoms with Gasteiger partial charge >= 0.3 is 6.03 Å². The molecule has 0 aromatic heterocycles. The third kappa shape index (κ3) is 9.52. The van der Waals surface area contributed by atoms with Crippen LogP contribution in [0.4, 0.5) is 14.9 Å². The van der Waals surface area contributed by atoms with Gasteiger partial charge in [0.1, 0.15) is 18.0 Å². The van der Waals surface area contributed by atoms with Gasteiger partial charge in [-0.3, -0.25) is 4.79 Å². The zero-order valence-corrected chi connectivity index (χ0v) is 29.1. The number of halogens is 1. The summed E-state index contributed by atoms with van der Waals surface area (Å²) in [6.45, 7) is 5.75. The maximum atomic E-state index is 14.4. The molecule has 0 aliphatic carbocycles. The molecule has 0 spiro atoms. The van der Waals surface area contributed by atoms with Crippen LogP contribution in [0.5, 0.6) is 0 Å². The lowest BCUT2D eigenvalue weighted by Gasteiger charge is -2.48. The van der Waals surface area contributed by atoms with E-state index in [4.69, 9.17) is 14.2 Å². The molecule has 6 rings (SSSR count). The standard InChI is InChI=1S/C41H47FN4O5/c1-2-22-46-36(27-43-41(48)45-25-23-44(24-26-45)35-20-18-34(42)19-21-35)37(49-28-31-12-6-3-7-13-31)38(50-29-32-14-8-4-9-15-32)39(40(46)47)51-30-33-16-10-5-11-17-33/h3-21,36-39H,2,22-30H2,1H3,(H,43,48)/t36-,37-,38-,39-/m1/s1. The zero-order valence-electron chi connectivity index (χ0n) is 29.1. The third-order valence-electron chi connectivity index (χ3n) is 9.46. The Morgan fingerprint density at radius 2 is 1.22 bits per heavy atom. The number of anilines is 1. The van der Waals surface area contributed by atoms with Gasteiger partial charge in [-0.05, 0) is 47.4 Å². The van der Waals surface area contributed by atoms with Crippen molar-refractivity contribution >= 4 is 17.6 Å². The van der Waals surface area contributed by atoms with Gasteiger partial charge in [0.25, 0.3) is 5.91 Å². The molecule has 0 bridgehead atoms. The molecule has 1 N–H and O–H groups in total. The van der Waals surface area contributed by atoms with Crippen molar-refractivity contribution in [3.63, 3.8) is 0 Å². The first-order valence-corrected chi connectivity index (χ1v) is 17.8. The first-order valence-electron chi connectivity index (χ1n) is 17.8. The minimum Gasteiger partial charge on any atom is -0.368 e. The quantitative estimate of drug-likeness (QED) is 0.174. The van der Waals surface area contributed by atoms with Gasteiger partial charge in [0.15, 0.2) is 6.10 Å². The van der Waals surface area contributed by atoms with Gasteiger partial charge in [-0.15, -0.1) is 0 Å². The highest BCUT2D eigenvalue weighted by molar-refractivity contribution is 5.83. The van der Waals surface area contributed by atoms with Crippen LogP contribution < -0.4 is 10.2 Å².